The maximum atomic E-state index is 5.22. The van der Waals surface area contributed by atoms with Crippen LogP contribution in [0.3, 0.4) is 0 Å². The molecule has 0 aliphatic carbocycles. The zero-order valence-corrected chi connectivity index (χ0v) is 10.1. The summed E-state index contributed by atoms with van der Waals surface area (Å²) in [5.41, 5.74) is 0. The first-order valence-corrected chi connectivity index (χ1v) is 5.47. The van der Waals surface area contributed by atoms with Crippen LogP contribution >= 0.6 is 12.2 Å². The fourth-order valence-electron chi connectivity index (χ4n) is 0.923. The van der Waals surface area contributed by atoms with Gasteiger partial charge < -0.3 is 10.2 Å². The lowest BCUT2D eigenvalue weighted by Crippen LogP contribution is -2.39. The van der Waals surface area contributed by atoms with Crippen LogP contribution in [0.25, 0.3) is 0 Å². The summed E-state index contributed by atoms with van der Waals surface area (Å²) in [5.74, 6) is 0.650. The highest BCUT2D eigenvalue weighted by Crippen LogP contribution is 1.94. The van der Waals surface area contributed by atoms with Gasteiger partial charge in [-0.15, -0.1) is 0 Å². The molecule has 0 unspecified atom stereocenters. The molecule has 0 atom stereocenters. The van der Waals surface area contributed by atoms with E-state index in [2.05, 4.69) is 31.0 Å². The first-order valence-electron chi connectivity index (χ1n) is 5.06. The average Bonchev–Trinajstić information content (AvgIpc) is 2.10. The molecule has 13 heavy (non-hydrogen) atoms. The van der Waals surface area contributed by atoms with Gasteiger partial charge in [0.05, 0.1) is 0 Å². The predicted octanol–water partition coefficient (Wildman–Crippen LogP) is 2.25. The zero-order valence-electron chi connectivity index (χ0n) is 9.26. The number of unbranched alkanes of at least 4 members (excludes halogenated alkanes) is 1. The highest BCUT2D eigenvalue weighted by molar-refractivity contribution is 7.80. The quantitative estimate of drug-likeness (QED) is 0.688. The van der Waals surface area contributed by atoms with Crippen LogP contribution in [0.5, 0.6) is 0 Å². The van der Waals surface area contributed by atoms with Gasteiger partial charge in [0.2, 0.25) is 0 Å². The van der Waals surface area contributed by atoms with E-state index < -0.39 is 0 Å². The topological polar surface area (TPSA) is 15.3 Å². The van der Waals surface area contributed by atoms with Crippen molar-refractivity contribution in [3.8, 4) is 0 Å². The van der Waals surface area contributed by atoms with Crippen molar-refractivity contribution in [1.29, 1.82) is 0 Å². The van der Waals surface area contributed by atoms with Crippen LogP contribution in [-0.4, -0.2) is 30.1 Å². The van der Waals surface area contributed by atoms with E-state index in [1.807, 2.05) is 7.05 Å². The highest BCUT2D eigenvalue weighted by Gasteiger charge is 2.02. The number of nitrogens with one attached hydrogen (secondary N) is 1. The van der Waals surface area contributed by atoms with Gasteiger partial charge in [-0.3, -0.25) is 0 Å². The second-order valence-electron chi connectivity index (χ2n) is 3.86. The third-order valence-electron chi connectivity index (χ3n) is 1.86. The summed E-state index contributed by atoms with van der Waals surface area (Å²) in [6.07, 6.45) is 2.43. The number of rotatable bonds is 5. The summed E-state index contributed by atoms with van der Waals surface area (Å²) in [6.45, 7) is 8.58. The highest BCUT2D eigenvalue weighted by atomic mass is 32.1. The van der Waals surface area contributed by atoms with Crippen molar-refractivity contribution in [1.82, 2.24) is 10.2 Å². The van der Waals surface area contributed by atoms with Gasteiger partial charge in [-0.2, -0.15) is 0 Å². The Morgan fingerprint density at radius 1 is 1.46 bits per heavy atom. The molecule has 0 aliphatic heterocycles. The Labute approximate surface area is 87.7 Å². The molecule has 0 fully saturated rings. The van der Waals surface area contributed by atoms with E-state index in [9.17, 15) is 0 Å². The lowest BCUT2D eigenvalue weighted by molar-refractivity contribution is 0.468. The minimum Gasteiger partial charge on any atom is -0.362 e. The minimum atomic E-state index is 0.650. The van der Waals surface area contributed by atoms with Gasteiger partial charge in [-0.25, -0.2) is 0 Å². The zero-order chi connectivity index (χ0) is 10.3. The molecule has 0 rings (SSSR count). The molecule has 78 valence electrons. The summed E-state index contributed by atoms with van der Waals surface area (Å²) >= 11 is 5.22. The smallest absolute Gasteiger partial charge is 0.168 e. The Balaban J connectivity index is 3.57. The van der Waals surface area contributed by atoms with Crippen LogP contribution in [0.2, 0.25) is 0 Å². The van der Waals surface area contributed by atoms with Crippen LogP contribution in [-0.2, 0) is 0 Å². The van der Waals surface area contributed by atoms with Gasteiger partial charge in [-0.1, -0.05) is 27.2 Å². The minimum absolute atomic E-state index is 0.650. The van der Waals surface area contributed by atoms with Gasteiger partial charge in [-0.05, 0) is 24.6 Å². The number of hydrogen-bond donors (Lipinski definition) is 1. The molecule has 0 radical (unpaired) electrons. The molecular weight excluding hydrogens is 180 g/mol. The fourth-order valence-corrected chi connectivity index (χ4v) is 1.10. The van der Waals surface area contributed by atoms with E-state index in [1.54, 1.807) is 0 Å². The lowest BCUT2D eigenvalue weighted by atomic mass is 10.2. The molecule has 1 N–H and O–H groups in total. The molecule has 0 aromatic carbocycles. The van der Waals surface area contributed by atoms with Gasteiger partial charge in [0, 0.05) is 20.1 Å². The van der Waals surface area contributed by atoms with E-state index in [-0.39, 0.29) is 0 Å². The molecule has 3 heteroatoms. The molecule has 0 amide bonds. The van der Waals surface area contributed by atoms with Gasteiger partial charge in [0.25, 0.3) is 0 Å². The number of nitrogens with zero attached hydrogens (tertiary/aromatic N) is 1. The van der Waals surface area contributed by atoms with Crippen molar-refractivity contribution in [3.05, 3.63) is 0 Å². The van der Waals surface area contributed by atoms with E-state index >= 15 is 0 Å². The van der Waals surface area contributed by atoms with Gasteiger partial charge in [0.1, 0.15) is 0 Å². The SMILES string of the molecule is CCCCN(C)C(=S)NCC(C)C. The molecule has 0 aromatic heterocycles. The van der Waals surface area contributed by atoms with Crippen molar-refractivity contribution in [2.24, 2.45) is 5.92 Å². The molecule has 2 nitrogen and oxygen atoms in total. The third-order valence-corrected chi connectivity index (χ3v) is 2.31. The maximum absolute atomic E-state index is 5.22. The molecule has 0 saturated carbocycles. The Kier molecular flexibility index (Phi) is 6.96. The number of thiocarbonyl (C=S) groups is 1. The molecule has 0 aromatic rings. The van der Waals surface area contributed by atoms with Crippen molar-refractivity contribution < 1.29 is 0 Å². The van der Waals surface area contributed by atoms with Crippen LogP contribution in [0.1, 0.15) is 33.6 Å². The molecule has 0 heterocycles. The Morgan fingerprint density at radius 2 is 2.08 bits per heavy atom. The van der Waals surface area contributed by atoms with Crippen molar-refractivity contribution in [2.45, 2.75) is 33.6 Å². The summed E-state index contributed by atoms with van der Waals surface area (Å²) in [7, 11) is 2.05. The molecule has 0 aliphatic rings. The van der Waals surface area contributed by atoms with Gasteiger partial charge >= 0.3 is 0 Å². The summed E-state index contributed by atoms with van der Waals surface area (Å²) < 4.78 is 0. The normalized spacial score (nSPS) is 10.2. The molecule has 0 bridgehead atoms. The van der Waals surface area contributed by atoms with Gasteiger partial charge in [0.15, 0.2) is 5.11 Å². The number of hydrogen-bond acceptors (Lipinski definition) is 1. The van der Waals surface area contributed by atoms with Crippen LogP contribution < -0.4 is 5.32 Å². The molecular formula is C10H22N2S. The van der Waals surface area contributed by atoms with E-state index in [0.29, 0.717) is 5.92 Å². The van der Waals surface area contributed by atoms with Crippen LogP contribution in [0.4, 0.5) is 0 Å². The maximum Gasteiger partial charge on any atom is 0.168 e. The summed E-state index contributed by atoms with van der Waals surface area (Å²) in [6, 6.07) is 0. The van der Waals surface area contributed by atoms with E-state index in [0.717, 1.165) is 18.2 Å². The second-order valence-corrected chi connectivity index (χ2v) is 4.24. The first-order chi connectivity index (χ1) is 6.07. The lowest BCUT2D eigenvalue weighted by Gasteiger charge is -2.21. The van der Waals surface area contributed by atoms with E-state index in [1.165, 1.54) is 12.8 Å². The van der Waals surface area contributed by atoms with Crippen molar-refractivity contribution in [3.63, 3.8) is 0 Å². The summed E-state index contributed by atoms with van der Waals surface area (Å²) in [5, 5.41) is 4.13. The Bertz CT molecular complexity index is 146. The van der Waals surface area contributed by atoms with Crippen LogP contribution in [0.15, 0.2) is 0 Å². The average molecular weight is 202 g/mol. The second kappa shape index (κ2) is 7.13. The van der Waals surface area contributed by atoms with E-state index in [4.69, 9.17) is 12.2 Å². The standard InChI is InChI=1S/C10H22N2S/c1-5-6-7-12(4)10(13)11-8-9(2)3/h9H,5-8H2,1-4H3,(H,11,13). The Morgan fingerprint density at radius 3 is 2.54 bits per heavy atom. The Hall–Kier alpha value is -0.310. The first kappa shape index (κ1) is 12.7. The summed E-state index contributed by atoms with van der Waals surface area (Å²) in [4.78, 5) is 2.11. The largest absolute Gasteiger partial charge is 0.362 e. The van der Waals surface area contributed by atoms with Crippen molar-refractivity contribution in [2.75, 3.05) is 20.1 Å². The molecule has 0 saturated heterocycles. The molecule has 0 spiro atoms. The van der Waals surface area contributed by atoms with Crippen molar-refractivity contribution >= 4 is 17.3 Å². The van der Waals surface area contributed by atoms with Crippen LogP contribution in [0, 0.1) is 5.92 Å². The predicted molar refractivity (Wildman–Crippen MR) is 63.0 cm³/mol. The fraction of sp³-hybridized carbons (Fsp3) is 0.900. The third kappa shape index (κ3) is 6.82. The monoisotopic (exact) mass is 202 g/mol.